The summed E-state index contributed by atoms with van der Waals surface area (Å²) in [5.41, 5.74) is -0.871. The van der Waals surface area contributed by atoms with Crippen molar-refractivity contribution in [3.8, 4) is 5.75 Å². The number of carbonyl (C=O) groups excluding carboxylic acids is 3. The highest BCUT2D eigenvalue weighted by molar-refractivity contribution is 6.14. The molecule has 3 aliphatic heterocycles. The van der Waals surface area contributed by atoms with Crippen LogP contribution in [-0.2, 0) is 24.7 Å². The number of allylic oxidation sites excluding steroid dienone is 1. The Morgan fingerprint density at radius 2 is 2.00 bits per heavy atom. The normalized spacial score (nSPS) is 38.2. The molecule has 3 bridgehead atoms. The number of rotatable bonds is 5. The number of nitrogens with one attached hydrogen (secondary N) is 1. The maximum Gasteiger partial charge on any atom is 0.224 e. The maximum absolute atomic E-state index is 14.6. The number of unbranched alkanes of at least 4 members (excludes halogenated alkanes) is 1. The van der Waals surface area contributed by atoms with Gasteiger partial charge in [-0.2, -0.15) is 0 Å². The molecule has 2 spiro atoms. The Balaban J connectivity index is 1.72. The minimum atomic E-state index is -1.21. The number of methoxy groups -OCH3 is 1. The summed E-state index contributed by atoms with van der Waals surface area (Å²) >= 11 is 0. The van der Waals surface area contributed by atoms with Gasteiger partial charge in [0.25, 0.3) is 0 Å². The van der Waals surface area contributed by atoms with Crippen LogP contribution < -0.4 is 5.32 Å². The Morgan fingerprint density at radius 3 is 2.69 bits per heavy atom. The van der Waals surface area contributed by atoms with Crippen LogP contribution in [0.25, 0.3) is 5.76 Å². The van der Waals surface area contributed by atoms with Crippen LogP contribution in [0, 0.1) is 17.3 Å². The molecule has 36 heavy (non-hydrogen) atoms. The highest BCUT2D eigenvalue weighted by Gasteiger charge is 2.83. The zero-order valence-corrected chi connectivity index (χ0v) is 21.5. The summed E-state index contributed by atoms with van der Waals surface area (Å²) in [5.74, 6) is -0.783. The molecule has 3 heterocycles. The molecule has 6 atom stereocenters. The monoisotopic (exact) mass is 493 g/mol. The minimum absolute atomic E-state index is 0.0660. The van der Waals surface area contributed by atoms with Gasteiger partial charge in [0, 0.05) is 36.5 Å². The third kappa shape index (κ3) is 2.50. The lowest BCUT2D eigenvalue weighted by Crippen LogP contribution is -2.54. The Labute approximate surface area is 211 Å². The first kappa shape index (κ1) is 23.7. The number of amides is 1. The van der Waals surface area contributed by atoms with Crippen molar-refractivity contribution < 1.29 is 29.0 Å². The van der Waals surface area contributed by atoms with Crippen molar-refractivity contribution in [1.29, 1.82) is 0 Å². The number of fused-ring (bicyclic) bond motifs is 3. The fraction of sp³-hybridized carbons (Fsp3) is 0.621. The number of hydrogen-bond acceptors (Lipinski definition) is 6. The van der Waals surface area contributed by atoms with E-state index in [1.165, 1.54) is 0 Å². The SMILES string of the molecule is CCCC[C@@H]1C(=O)N[C@@]23C[C@@]45OC(=C(CC)CCC[C@H](OC)C(=O)[C@@]4(C)[C@@H]12)c1c(O)ccc(c15)C3=O. The fourth-order valence-corrected chi connectivity index (χ4v) is 8.44. The van der Waals surface area contributed by atoms with Gasteiger partial charge < -0.3 is 19.9 Å². The predicted molar refractivity (Wildman–Crippen MR) is 132 cm³/mol. The van der Waals surface area contributed by atoms with E-state index in [1.807, 2.05) is 6.92 Å². The van der Waals surface area contributed by atoms with Gasteiger partial charge in [0.2, 0.25) is 5.91 Å². The molecular weight excluding hydrogens is 458 g/mol. The van der Waals surface area contributed by atoms with Crippen LogP contribution in [0.5, 0.6) is 5.75 Å². The van der Waals surface area contributed by atoms with Gasteiger partial charge in [-0.3, -0.25) is 14.4 Å². The molecule has 0 aromatic heterocycles. The quantitative estimate of drug-likeness (QED) is 0.630. The highest BCUT2D eigenvalue weighted by Crippen LogP contribution is 2.74. The van der Waals surface area contributed by atoms with Crippen LogP contribution in [0.4, 0.5) is 0 Å². The zero-order chi connectivity index (χ0) is 25.6. The van der Waals surface area contributed by atoms with Crippen molar-refractivity contribution in [1.82, 2.24) is 5.32 Å². The molecule has 5 aliphatic rings. The summed E-state index contributed by atoms with van der Waals surface area (Å²) in [6.07, 6.45) is 4.63. The van der Waals surface area contributed by atoms with Crippen LogP contribution >= 0.6 is 0 Å². The van der Waals surface area contributed by atoms with E-state index in [4.69, 9.17) is 9.47 Å². The van der Waals surface area contributed by atoms with Crippen LogP contribution in [0.3, 0.4) is 0 Å². The van der Waals surface area contributed by atoms with E-state index in [2.05, 4.69) is 19.2 Å². The number of ketones is 2. The van der Waals surface area contributed by atoms with E-state index >= 15 is 0 Å². The van der Waals surface area contributed by atoms with Crippen LogP contribution in [0.1, 0.15) is 93.6 Å². The molecule has 0 unspecified atom stereocenters. The fourth-order valence-electron chi connectivity index (χ4n) is 8.44. The minimum Gasteiger partial charge on any atom is -0.507 e. The van der Waals surface area contributed by atoms with Crippen molar-refractivity contribution in [3.05, 3.63) is 34.4 Å². The highest BCUT2D eigenvalue weighted by atomic mass is 16.5. The molecule has 192 valence electrons. The van der Waals surface area contributed by atoms with Crippen molar-refractivity contribution in [2.45, 2.75) is 89.4 Å². The Bertz CT molecular complexity index is 1230. The topological polar surface area (TPSA) is 102 Å². The first-order valence-corrected chi connectivity index (χ1v) is 13.4. The van der Waals surface area contributed by atoms with Gasteiger partial charge in [-0.25, -0.2) is 0 Å². The molecule has 1 saturated heterocycles. The molecule has 1 saturated carbocycles. The van der Waals surface area contributed by atoms with E-state index in [1.54, 1.807) is 19.2 Å². The number of phenolic OH excluding ortho intramolecular Hbond substituents is 1. The maximum atomic E-state index is 14.6. The second-order valence-corrected chi connectivity index (χ2v) is 11.5. The van der Waals surface area contributed by atoms with E-state index in [-0.39, 0.29) is 29.6 Å². The lowest BCUT2D eigenvalue weighted by molar-refractivity contribution is -0.159. The molecule has 2 N–H and O–H groups in total. The summed E-state index contributed by atoms with van der Waals surface area (Å²) in [6.45, 7) is 6.04. The zero-order valence-electron chi connectivity index (χ0n) is 21.5. The standard InChI is InChI=1S/C29H35NO6/c1-5-7-10-17-23-27(3)25(33)19(35-4)11-8-9-15(6-2)22-20-18(31)13-12-16-21(20)29(27,36-22)14-28(23,24(16)32)30-26(17)34/h12-13,17,19,23,31H,5-11,14H2,1-4H3,(H,30,34)/t17-,19-,23+,27+,28-,29-/m0/s1. The molecule has 1 aromatic carbocycles. The molecule has 1 aromatic rings. The molecule has 7 nitrogen and oxygen atoms in total. The van der Waals surface area contributed by atoms with Gasteiger partial charge in [0.15, 0.2) is 17.2 Å². The summed E-state index contributed by atoms with van der Waals surface area (Å²) in [7, 11) is 1.56. The molecular formula is C29H35NO6. The Morgan fingerprint density at radius 1 is 1.22 bits per heavy atom. The van der Waals surface area contributed by atoms with Crippen LogP contribution in [0.2, 0.25) is 0 Å². The van der Waals surface area contributed by atoms with E-state index in [0.717, 1.165) is 31.3 Å². The van der Waals surface area contributed by atoms with Gasteiger partial charge >= 0.3 is 0 Å². The first-order valence-electron chi connectivity index (χ1n) is 13.4. The molecule has 0 radical (unpaired) electrons. The van der Waals surface area contributed by atoms with Crippen LogP contribution in [-0.4, -0.2) is 41.3 Å². The van der Waals surface area contributed by atoms with Crippen molar-refractivity contribution in [2.24, 2.45) is 17.3 Å². The number of aromatic hydroxyl groups is 1. The molecule has 6 rings (SSSR count). The van der Waals surface area contributed by atoms with Crippen molar-refractivity contribution in [2.75, 3.05) is 7.11 Å². The lowest BCUT2D eigenvalue weighted by atomic mass is 9.60. The van der Waals surface area contributed by atoms with Gasteiger partial charge in [-0.05, 0) is 56.7 Å². The summed E-state index contributed by atoms with van der Waals surface area (Å²) in [6, 6.07) is 3.20. The smallest absolute Gasteiger partial charge is 0.224 e. The Hall–Kier alpha value is -2.67. The number of phenols is 1. The molecule has 2 fully saturated rings. The Kier molecular flexibility index (Phi) is 5.05. The number of benzene rings is 1. The van der Waals surface area contributed by atoms with E-state index < -0.39 is 34.5 Å². The number of hydrogen-bond donors (Lipinski definition) is 2. The van der Waals surface area contributed by atoms with Gasteiger partial charge in [0.05, 0.1) is 11.0 Å². The average molecular weight is 494 g/mol. The molecule has 1 amide bonds. The molecule has 7 heteroatoms. The first-order chi connectivity index (χ1) is 17.2. The second-order valence-electron chi connectivity index (χ2n) is 11.5. The second kappa shape index (κ2) is 7.67. The number of Topliss-reactive ketones (excluding diaryl/α,β-unsaturated/α-hetero) is 2. The number of ether oxygens (including phenoxy) is 2. The average Bonchev–Trinajstić information content (AvgIpc) is 3.41. The third-order valence-electron chi connectivity index (χ3n) is 10.00. The third-order valence-corrected chi connectivity index (χ3v) is 10.00. The largest absolute Gasteiger partial charge is 0.507 e. The van der Waals surface area contributed by atoms with Crippen molar-refractivity contribution in [3.63, 3.8) is 0 Å². The van der Waals surface area contributed by atoms with Crippen LogP contribution in [0.15, 0.2) is 17.7 Å². The van der Waals surface area contributed by atoms with Gasteiger partial charge in [-0.1, -0.05) is 26.7 Å². The van der Waals surface area contributed by atoms with Gasteiger partial charge in [0.1, 0.15) is 23.2 Å². The summed E-state index contributed by atoms with van der Waals surface area (Å²) < 4.78 is 12.8. The lowest BCUT2D eigenvalue weighted by Gasteiger charge is -2.45. The van der Waals surface area contributed by atoms with E-state index in [9.17, 15) is 19.5 Å². The van der Waals surface area contributed by atoms with Crippen molar-refractivity contribution >= 4 is 23.2 Å². The summed E-state index contributed by atoms with van der Waals surface area (Å²) in [4.78, 5) is 42.4. The van der Waals surface area contributed by atoms with Gasteiger partial charge in [-0.15, -0.1) is 0 Å². The van der Waals surface area contributed by atoms with E-state index in [0.29, 0.717) is 41.7 Å². The number of carbonyl (C=O) groups is 3. The molecule has 2 aliphatic carbocycles. The summed E-state index contributed by atoms with van der Waals surface area (Å²) in [5, 5.41) is 14.2. The predicted octanol–water partition coefficient (Wildman–Crippen LogP) is 4.40.